The Balaban J connectivity index is 1.92. The first kappa shape index (κ1) is 15.2. The number of aliphatic carboxylic acids is 1. The van der Waals surface area contributed by atoms with E-state index < -0.39 is 23.6 Å². The molecule has 0 radical (unpaired) electrons. The molecule has 23 heavy (non-hydrogen) atoms. The van der Waals surface area contributed by atoms with Gasteiger partial charge in [-0.25, -0.2) is 4.39 Å². The number of nitrogens with zero attached hydrogens (tertiary/aromatic N) is 3. The summed E-state index contributed by atoms with van der Waals surface area (Å²) < 4.78 is 19.3. The summed E-state index contributed by atoms with van der Waals surface area (Å²) in [5.74, 6) is -1.57. The molecule has 0 saturated carbocycles. The van der Waals surface area contributed by atoms with Crippen molar-refractivity contribution < 1.29 is 19.0 Å². The number of carboxylic acids is 1. The standard InChI is InChI=1S/C16H16FN3O3/c1-23-10-4-5-11(14(17)7-10)12-8-20(9-13(12)16(21)22)15-3-2-6-18-19-15/h2-7,12-13H,8-9H2,1H3,(H,21,22)/t12-,13+/m0/s1. The molecule has 1 aromatic carbocycles. The predicted octanol–water partition coefficient (Wildman–Crippen LogP) is 1.93. The van der Waals surface area contributed by atoms with E-state index in [1.54, 1.807) is 30.5 Å². The van der Waals surface area contributed by atoms with E-state index in [0.29, 0.717) is 23.7 Å². The van der Waals surface area contributed by atoms with Gasteiger partial charge in [-0.15, -0.1) is 5.10 Å². The van der Waals surface area contributed by atoms with Crippen LogP contribution in [0, 0.1) is 11.7 Å². The molecule has 6 nitrogen and oxygen atoms in total. The van der Waals surface area contributed by atoms with Crippen molar-refractivity contribution in [2.24, 2.45) is 5.92 Å². The summed E-state index contributed by atoms with van der Waals surface area (Å²) in [5.41, 5.74) is 0.379. The lowest BCUT2D eigenvalue weighted by Crippen LogP contribution is -2.23. The maximum atomic E-state index is 14.3. The summed E-state index contributed by atoms with van der Waals surface area (Å²) in [7, 11) is 1.46. The van der Waals surface area contributed by atoms with Gasteiger partial charge in [-0.3, -0.25) is 4.79 Å². The maximum Gasteiger partial charge on any atom is 0.308 e. The van der Waals surface area contributed by atoms with E-state index in [4.69, 9.17) is 4.74 Å². The number of rotatable bonds is 4. The van der Waals surface area contributed by atoms with Crippen molar-refractivity contribution in [1.29, 1.82) is 0 Å². The van der Waals surface area contributed by atoms with Gasteiger partial charge in [0.05, 0.1) is 13.0 Å². The molecule has 1 fully saturated rings. The minimum absolute atomic E-state index is 0.268. The third kappa shape index (κ3) is 2.94. The Hall–Kier alpha value is -2.70. The van der Waals surface area contributed by atoms with Crippen molar-refractivity contribution in [2.45, 2.75) is 5.92 Å². The predicted molar refractivity (Wildman–Crippen MR) is 81.1 cm³/mol. The third-order valence-corrected chi connectivity index (χ3v) is 4.13. The number of carbonyl (C=O) groups is 1. The number of anilines is 1. The molecule has 2 heterocycles. The van der Waals surface area contributed by atoms with Crippen LogP contribution in [0.4, 0.5) is 10.2 Å². The molecule has 0 bridgehead atoms. The van der Waals surface area contributed by atoms with E-state index in [1.807, 2.05) is 4.90 Å². The van der Waals surface area contributed by atoms with Crippen LogP contribution in [0.15, 0.2) is 36.5 Å². The number of methoxy groups -OCH3 is 1. The van der Waals surface area contributed by atoms with Crippen LogP contribution < -0.4 is 9.64 Å². The molecule has 2 atom stereocenters. The fourth-order valence-electron chi connectivity index (χ4n) is 2.95. The van der Waals surface area contributed by atoms with Gasteiger partial charge in [0, 0.05) is 31.3 Å². The van der Waals surface area contributed by atoms with Crippen LogP contribution in [0.25, 0.3) is 0 Å². The molecule has 2 aromatic rings. The van der Waals surface area contributed by atoms with Gasteiger partial charge in [-0.2, -0.15) is 5.10 Å². The quantitative estimate of drug-likeness (QED) is 0.928. The van der Waals surface area contributed by atoms with Gasteiger partial charge in [-0.05, 0) is 23.8 Å². The van der Waals surface area contributed by atoms with Crippen molar-refractivity contribution in [2.75, 3.05) is 25.1 Å². The largest absolute Gasteiger partial charge is 0.497 e. The molecule has 1 aliphatic heterocycles. The van der Waals surface area contributed by atoms with Crippen LogP contribution in [-0.2, 0) is 4.79 Å². The molecule has 1 saturated heterocycles. The Bertz CT molecular complexity index is 711. The smallest absolute Gasteiger partial charge is 0.308 e. The molecule has 1 aliphatic rings. The van der Waals surface area contributed by atoms with Gasteiger partial charge in [0.25, 0.3) is 0 Å². The van der Waals surface area contributed by atoms with Crippen molar-refractivity contribution in [3.8, 4) is 5.75 Å². The molecular weight excluding hydrogens is 301 g/mol. The van der Waals surface area contributed by atoms with Crippen LogP contribution in [0.1, 0.15) is 11.5 Å². The van der Waals surface area contributed by atoms with E-state index in [-0.39, 0.29) is 6.54 Å². The highest BCUT2D eigenvalue weighted by Gasteiger charge is 2.40. The van der Waals surface area contributed by atoms with Crippen molar-refractivity contribution >= 4 is 11.8 Å². The minimum atomic E-state index is -0.948. The van der Waals surface area contributed by atoms with E-state index in [9.17, 15) is 14.3 Å². The molecule has 7 heteroatoms. The minimum Gasteiger partial charge on any atom is -0.497 e. The Morgan fingerprint density at radius 1 is 1.39 bits per heavy atom. The first-order valence-corrected chi connectivity index (χ1v) is 7.19. The van der Waals surface area contributed by atoms with Crippen LogP contribution in [-0.4, -0.2) is 41.5 Å². The molecule has 0 unspecified atom stereocenters. The van der Waals surface area contributed by atoms with Gasteiger partial charge in [0.1, 0.15) is 11.6 Å². The first-order chi connectivity index (χ1) is 11.1. The highest BCUT2D eigenvalue weighted by atomic mass is 19.1. The average molecular weight is 317 g/mol. The summed E-state index contributed by atoms with van der Waals surface area (Å²) in [6.45, 7) is 0.642. The summed E-state index contributed by atoms with van der Waals surface area (Å²) in [5, 5.41) is 17.3. The number of benzene rings is 1. The van der Waals surface area contributed by atoms with E-state index >= 15 is 0 Å². The first-order valence-electron chi connectivity index (χ1n) is 7.19. The lowest BCUT2D eigenvalue weighted by atomic mass is 9.88. The lowest BCUT2D eigenvalue weighted by Gasteiger charge is -2.17. The highest BCUT2D eigenvalue weighted by Crippen LogP contribution is 2.36. The fraction of sp³-hybridized carbons (Fsp3) is 0.312. The summed E-state index contributed by atoms with van der Waals surface area (Å²) in [6.07, 6.45) is 1.55. The zero-order valence-corrected chi connectivity index (χ0v) is 12.5. The Kier molecular flexibility index (Phi) is 4.10. The van der Waals surface area contributed by atoms with Gasteiger partial charge >= 0.3 is 5.97 Å². The maximum absolute atomic E-state index is 14.3. The molecule has 1 aromatic heterocycles. The second-order valence-electron chi connectivity index (χ2n) is 5.43. The zero-order valence-electron chi connectivity index (χ0n) is 12.5. The number of aromatic nitrogens is 2. The van der Waals surface area contributed by atoms with E-state index in [2.05, 4.69) is 10.2 Å². The highest BCUT2D eigenvalue weighted by molar-refractivity contribution is 5.74. The third-order valence-electron chi connectivity index (χ3n) is 4.13. The van der Waals surface area contributed by atoms with E-state index in [0.717, 1.165) is 0 Å². The van der Waals surface area contributed by atoms with Crippen LogP contribution >= 0.6 is 0 Å². The van der Waals surface area contributed by atoms with Gasteiger partial charge in [0.15, 0.2) is 5.82 Å². The van der Waals surface area contributed by atoms with Gasteiger partial charge in [0.2, 0.25) is 0 Å². The van der Waals surface area contributed by atoms with Crippen LogP contribution in [0.5, 0.6) is 5.75 Å². The van der Waals surface area contributed by atoms with Crippen molar-refractivity contribution in [1.82, 2.24) is 10.2 Å². The second kappa shape index (κ2) is 6.20. The number of hydrogen-bond donors (Lipinski definition) is 1. The molecule has 1 N–H and O–H groups in total. The Morgan fingerprint density at radius 2 is 2.22 bits per heavy atom. The normalized spacial score (nSPS) is 20.5. The molecule has 120 valence electrons. The number of ether oxygens (including phenoxy) is 1. The number of hydrogen-bond acceptors (Lipinski definition) is 5. The Morgan fingerprint density at radius 3 is 2.83 bits per heavy atom. The van der Waals surface area contributed by atoms with Crippen LogP contribution in [0.3, 0.4) is 0 Å². The molecular formula is C16H16FN3O3. The summed E-state index contributed by atoms with van der Waals surface area (Å²) in [6, 6.07) is 8.01. The fourth-order valence-corrected chi connectivity index (χ4v) is 2.95. The molecule has 0 spiro atoms. The Labute approximate surface area is 132 Å². The SMILES string of the molecule is COc1ccc([C@@H]2CN(c3cccnn3)C[C@H]2C(=O)O)c(F)c1. The summed E-state index contributed by atoms with van der Waals surface area (Å²) >= 11 is 0. The average Bonchev–Trinajstić information content (AvgIpc) is 3.01. The topological polar surface area (TPSA) is 75.5 Å². The van der Waals surface area contributed by atoms with Crippen molar-refractivity contribution in [3.63, 3.8) is 0 Å². The molecule has 0 amide bonds. The van der Waals surface area contributed by atoms with E-state index in [1.165, 1.54) is 13.2 Å². The molecule has 3 rings (SSSR count). The second-order valence-corrected chi connectivity index (χ2v) is 5.43. The van der Waals surface area contributed by atoms with Crippen molar-refractivity contribution in [3.05, 3.63) is 47.9 Å². The monoisotopic (exact) mass is 317 g/mol. The lowest BCUT2D eigenvalue weighted by molar-refractivity contribution is -0.141. The van der Waals surface area contributed by atoms with Crippen LogP contribution in [0.2, 0.25) is 0 Å². The number of halogens is 1. The van der Waals surface area contributed by atoms with Gasteiger partial charge < -0.3 is 14.7 Å². The zero-order chi connectivity index (χ0) is 16.4. The molecule has 0 aliphatic carbocycles. The van der Waals surface area contributed by atoms with Gasteiger partial charge in [-0.1, -0.05) is 6.07 Å². The number of carboxylic acid groups (broad SMARTS) is 1. The summed E-state index contributed by atoms with van der Waals surface area (Å²) in [4.78, 5) is 13.4.